The van der Waals surface area contributed by atoms with E-state index in [-0.39, 0.29) is 0 Å². The molecule has 1 aromatic heterocycles. The summed E-state index contributed by atoms with van der Waals surface area (Å²) >= 11 is 0. The average Bonchev–Trinajstić information content (AvgIpc) is 2.76. The lowest BCUT2D eigenvalue weighted by Gasteiger charge is -2.14. The highest BCUT2D eigenvalue weighted by atomic mass is 16.5. The van der Waals surface area contributed by atoms with Crippen molar-refractivity contribution in [3.63, 3.8) is 0 Å². The number of nitrogens with zero attached hydrogens (tertiary/aromatic N) is 2. The Labute approximate surface area is 175 Å². The molecule has 4 rings (SSSR count). The van der Waals surface area contributed by atoms with E-state index in [9.17, 15) is 0 Å². The molecule has 0 bridgehead atoms. The number of anilines is 4. The van der Waals surface area contributed by atoms with E-state index < -0.39 is 0 Å². The number of para-hydroxylation sites is 5. The molecule has 0 spiro atoms. The lowest BCUT2D eigenvalue weighted by atomic mass is 10.3. The molecule has 0 aliphatic carbocycles. The van der Waals surface area contributed by atoms with Crippen molar-refractivity contribution >= 4 is 23.1 Å². The second-order valence-corrected chi connectivity index (χ2v) is 6.58. The fourth-order valence-corrected chi connectivity index (χ4v) is 2.97. The van der Waals surface area contributed by atoms with Crippen LogP contribution in [0.3, 0.4) is 0 Å². The van der Waals surface area contributed by atoms with Crippen LogP contribution in [0.15, 0.2) is 84.9 Å². The summed E-state index contributed by atoms with van der Waals surface area (Å²) in [7, 11) is 1.64. The van der Waals surface area contributed by atoms with Crippen molar-refractivity contribution in [3.05, 3.63) is 90.6 Å². The molecule has 0 atom stereocenters. The Morgan fingerprint density at radius 2 is 1.33 bits per heavy atom. The van der Waals surface area contributed by atoms with E-state index in [1.807, 2.05) is 91.9 Å². The quantitative estimate of drug-likeness (QED) is 0.394. The minimum Gasteiger partial charge on any atom is -0.495 e. The zero-order chi connectivity index (χ0) is 20.8. The van der Waals surface area contributed by atoms with Crippen molar-refractivity contribution in [1.29, 1.82) is 0 Å². The van der Waals surface area contributed by atoms with E-state index in [4.69, 9.17) is 9.47 Å². The molecule has 6 nitrogen and oxygen atoms in total. The number of ether oxygens (including phenoxy) is 2. The normalized spacial score (nSPS) is 10.3. The zero-order valence-electron chi connectivity index (χ0n) is 16.8. The number of hydrogen-bond acceptors (Lipinski definition) is 6. The van der Waals surface area contributed by atoms with Gasteiger partial charge >= 0.3 is 0 Å². The largest absolute Gasteiger partial charge is 0.495 e. The number of aromatic nitrogens is 2. The van der Waals surface area contributed by atoms with Crippen LogP contribution in [0.4, 0.5) is 23.1 Å². The van der Waals surface area contributed by atoms with Crippen LogP contribution in [0.5, 0.6) is 17.2 Å². The second kappa shape index (κ2) is 8.96. The van der Waals surface area contributed by atoms with E-state index in [0.29, 0.717) is 17.5 Å². The number of methoxy groups -OCH3 is 1. The van der Waals surface area contributed by atoms with Crippen LogP contribution >= 0.6 is 0 Å². The molecule has 2 N–H and O–H groups in total. The summed E-state index contributed by atoms with van der Waals surface area (Å²) in [5, 5.41) is 6.57. The molecular formula is C24H22N4O2. The van der Waals surface area contributed by atoms with Crippen LogP contribution < -0.4 is 20.1 Å². The third-order valence-corrected chi connectivity index (χ3v) is 4.33. The van der Waals surface area contributed by atoms with Crippen molar-refractivity contribution in [1.82, 2.24) is 9.97 Å². The van der Waals surface area contributed by atoms with Crippen LogP contribution in [-0.2, 0) is 0 Å². The van der Waals surface area contributed by atoms with E-state index in [1.54, 1.807) is 7.11 Å². The van der Waals surface area contributed by atoms with Gasteiger partial charge in [0.2, 0.25) is 5.95 Å². The van der Waals surface area contributed by atoms with Gasteiger partial charge < -0.3 is 20.1 Å². The molecule has 0 aliphatic rings. The van der Waals surface area contributed by atoms with Gasteiger partial charge in [-0.2, -0.15) is 4.98 Å². The van der Waals surface area contributed by atoms with E-state index in [0.717, 1.165) is 28.6 Å². The lowest BCUT2D eigenvalue weighted by molar-refractivity contribution is 0.417. The Morgan fingerprint density at radius 1 is 0.700 bits per heavy atom. The highest BCUT2D eigenvalue weighted by Crippen LogP contribution is 2.31. The molecular weight excluding hydrogens is 376 g/mol. The lowest BCUT2D eigenvalue weighted by Crippen LogP contribution is -2.03. The standard InChI is InChI=1S/C24H22N4O2/c1-17-16-23(26-19-12-6-8-14-21(19)29-2)28-24(25-17)27-20-13-7-9-15-22(20)30-18-10-4-3-5-11-18/h3-16H,1-2H3,(H2,25,26,27,28). The molecule has 0 saturated carbocycles. The molecule has 0 saturated heterocycles. The SMILES string of the molecule is COc1ccccc1Nc1cc(C)nc(Nc2ccccc2Oc2ccccc2)n1. The maximum absolute atomic E-state index is 6.02. The molecule has 1 heterocycles. The zero-order valence-corrected chi connectivity index (χ0v) is 16.8. The van der Waals surface area contributed by atoms with Gasteiger partial charge in [-0.25, -0.2) is 4.98 Å². The predicted octanol–water partition coefficient (Wildman–Crippen LogP) is 6.07. The van der Waals surface area contributed by atoms with E-state index >= 15 is 0 Å². The minimum absolute atomic E-state index is 0.469. The summed E-state index contributed by atoms with van der Waals surface area (Å²) in [6.07, 6.45) is 0. The molecule has 6 heteroatoms. The number of rotatable bonds is 7. The van der Waals surface area contributed by atoms with Gasteiger partial charge in [-0.1, -0.05) is 42.5 Å². The van der Waals surface area contributed by atoms with Gasteiger partial charge in [-0.15, -0.1) is 0 Å². The van der Waals surface area contributed by atoms with Crippen LogP contribution in [0.1, 0.15) is 5.69 Å². The van der Waals surface area contributed by atoms with Gasteiger partial charge in [0.25, 0.3) is 0 Å². The van der Waals surface area contributed by atoms with Gasteiger partial charge in [0.15, 0.2) is 5.75 Å². The molecule has 3 aromatic carbocycles. The Balaban J connectivity index is 1.59. The fraction of sp³-hybridized carbons (Fsp3) is 0.0833. The molecule has 0 fully saturated rings. The maximum Gasteiger partial charge on any atom is 0.229 e. The maximum atomic E-state index is 6.02. The van der Waals surface area contributed by atoms with Crippen molar-refractivity contribution in [2.45, 2.75) is 6.92 Å². The fourth-order valence-electron chi connectivity index (χ4n) is 2.97. The van der Waals surface area contributed by atoms with E-state index in [1.165, 1.54) is 0 Å². The summed E-state index contributed by atoms with van der Waals surface area (Å²) in [5.74, 6) is 3.32. The molecule has 0 radical (unpaired) electrons. The molecule has 0 amide bonds. The average molecular weight is 398 g/mol. The minimum atomic E-state index is 0.469. The van der Waals surface area contributed by atoms with E-state index in [2.05, 4.69) is 20.6 Å². The molecule has 150 valence electrons. The number of hydrogen-bond donors (Lipinski definition) is 2. The second-order valence-electron chi connectivity index (χ2n) is 6.58. The highest BCUT2D eigenvalue weighted by Gasteiger charge is 2.09. The first kappa shape index (κ1) is 19.3. The first-order chi connectivity index (χ1) is 14.7. The van der Waals surface area contributed by atoms with Gasteiger partial charge in [-0.3, -0.25) is 0 Å². The van der Waals surface area contributed by atoms with Crippen molar-refractivity contribution in [3.8, 4) is 17.2 Å². The summed E-state index contributed by atoms with van der Waals surface area (Å²) < 4.78 is 11.4. The van der Waals surface area contributed by atoms with Gasteiger partial charge in [0.05, 0.1) is 18.5 Å². The predicted molar refractivity (Wildman–Crippen MR) is 119 cm³/mol. The molecule has 0 unspecified atom stereocenters. The first-order valence-electron chi connectivity index (χ1n) is 9.56. The van der Waals surface area contributed by atoms with Crippen molar-refractivity contribution in [2.24, 2.45) is 0 Å². The third-order valence-electron chi connectivity index (χ3n) is 4.33. The third kappa shape index (κ3) is 4.67. The Hall–Kier alpha value is -4.06. The Bertz CT molecular complexity index is 1130. The number of nitrogens with one attached hydrogen (secondary N) is 2. The smallest absolute Gasteiger partial charge is 0.229 e. The van der Waals surface area contributed by atoms with Crippen molar-refractivity contribution in [2.75, 3.05) is 17.7 Å². The van der Waals surface area contributed by atoms with Crippen LogP contribution in [-0.4, -0.2) is 17.1 Å². The number of aryl methyl sites for hydroxylation is 1. The first-order valence-corrected chi connectivity index (χ1v) is 9.56. The van der Waals surface area contributed by atoms with Crippen LogP contribution in [0, 0.1) is 6.92 Å². The molecule has 4 aromatic rings. The van der Waals surface area contributed by atoms with Gasteiger partial charge in [-0.05, 0) is 43.3 Å². The summed E-state index contributed by atoms with van der Waals surface area (Å²) in [5.41, 5.74) is 2.43. The Kier molecular flexibility index (Phi) is 5.75. The van der Waals surface area contributed by atoms with Crippen LogP contribution in [0.2, 0.25) is 0 Å². The summed E-state index contributed by atoms with van der Waals surface area (Å²) in [6, 6.07) is 26.9. The Morgan fingerprint density at radius 3 is 2.07 bits per heavy atom. The van der Waals surface area contributed by atoms with Gasteiger partial charge in [0, 0.05) is 11.8 Å². The topological polar surface area (TPSA) is 68.3 Å². The summed E-state index contributed by atoms with van der Waals surface area (Å²) in [6.45, 7) is 1.92. The summed E-state index contributed by atoms with van der Waals surface area (Å²) in [4.78, 5) is 9.12. The van der Waals surface area contributed by atoms with Crippen molar-refractivity contribution < 1.29 is 9.47 Å². The monoisotopic (exact) mass is 398 g/mol. The number of benzene rings is 3. The highest BCUT2D eigenvalue weighted by molar-refractivity contribution is 5.67. The molecule has 0 aliphatic heterocycles. The molecule has 30 heavy (non-hydrogen) atoms. The van der Waals surface area contributed by atoms with Crippen LogP contribution in [0.25, 0.3) is 0 Å². The van der Waals surface area contributed by atoms with Gasteiger partial charge in [0.1, 0.15) is 17.3 Å².